The summed E-state index contributed by atoms with van der Waals surface area (Å²) < 4.78 is 5.19. The minimum absolute atomic E-state index is 0.0126. The molecule has 1 amide bonds. The zero-order valence-electron chi connectivity index (χ0n) is 14.2. The lowest BCUT2D eigenvalue weighted by Gasteiger charge is -2.14. The second-order valence-electron chi connectivity index (χ2n) is 6.84. The molecule has 2 heterocycles. The number of carbonyl (C=O) groups excluding carboxylic acids is 2. The third-order valence-corrected chi connectivity index (χ3v) is 5.21. The molecule has 0 radical (unpaired) electrons. The standard InChI is InChI=1S/C19H21N3O3/c1-2-18-21-19(22-25-18)13-5-6-14-11(9-13)3-4-12(14)10-16(23)15-7-8-17(24)20-15/h5-6,9,12,15H,2-4,7-8,10H2,1H3,(H,20,24)/t12-,15-/m0/s1. The molecule has 6 heteroatoms. The maximum Gasteiger partial charge on any atom is 0.226 e. The molecule has 0 bridgehead atoms. The summed E-state index contributed by atoms with van der Waals surface area (Å²) in [6.45, 7) is 1.98. The summed E-state index contributed by atoms with van der Waals surface area (Å²) in [5.41, 5.74) is 3.45. The molecule has 0 saturated carbocycles. The Hall–Kier alpha value is -2.50. The monoisotopic (exact) mass is 339 g/mol. The number of benzene rings is 1. The number of nitrogens with one attached hydrogen (secondary N) is 1. The first kappa shape index (κ1) is 16.0. The summed E-state index contributed by atoms with van der Waals surface area (Å²) in [6, 6.07) is 5.91. The lowest BCUT2D eigenvalue weighted by molar-refractivity contribution is -0.124. The van der Waals surface area contributed by atoms with E-state index in [1.807, 2.05) is 13.0 Å². The molecule has 25 heavy (non-hydrogen) atoms. The summed E-state index contributed by atoms with van der Waals surface area (Å²) in [7, 11) is 0. The van der Waals surface area contributed by atoms with Crippen LogP contribution in [0, 0.1) is 0 Å². The van der Waals surface area contributed by atoms with Gasteiger partial charge in [-0.25, -0.2) is 0 Å². The largest absolute Gasteiger partial charge is 0.346 e. The average molecular weight is 339 g/mol. The molecular weight excluding hydrogens is 318 g/mol. The summed E-state index contributed by atoms with van der Waals surface area (Å²) in [5, 5.41) is 6.80. The van der Waals surface area contributed by atoms with Crippen molar-refractivity contribution in [2.45, 2.75) is 57.4 Å². The van der Waals surface area contributed by atoms with Gasteiger partial charge in [0.2, 0.25) is 17.6 Å². The first-order chi connectivity index (χ1) is 12.1. The van der Waals surface area contributed by atoms with Gasteiger partial charge in [0.15, 0.2) is 5.78 Å². The third-order valence-electron chi connectivity index (χ3n) is 5.21. The summed E-state index contributed by atoms with van der Waals surface area (Å²) >= 11 is 0. The van der Waals surface area contributed by atoms with E-state index >= 15 is 0 Å². The van der Waals surface area contributed by atoms with Crippen LogP contribution in [0.4, 0.5) is 0 Å². The van der Waals surface area contributed by atoms with Crippen LogP contribution in [-0.2, 0) is 22.4 Å². The number of aromatic nitrogens is 2. The van der Waals surface area contributed by atoms with Crippen LogP contribution in [0.5, 0.6) is 0 Å². The van der Waals surface area contributed by atoms with E-state index in [4.69, 9.17) is 4.52 Å². The molecule has 1 aliphatic carbocycles. The van der Waals surface area contributed by atoms with Crippen molar-refractivity contribution in [2.75, 3.05) is 0 Å². The van der Waals surface area contributed by atoms with Crippen LogP contribution in [-0.4, -0.2) is 27.9 Å². The topological polar surface area (TPSA) is 85.1 Å². The van der Waals surface area contributed by atoms with Gasteiger partial charge in [0.05, 0.1) is 6.04 Å². The Morgan fingerprint density at radius 3 is 2.92 bits per heavy atom. The highest BCUT2D eigenvalue weighted by molar-refractivity contribution is 5.92. The average Bonchev–Trinajstić information content (AvgIpc) is 3.34. The van der Waals surface area contributed by atoms with Gasteiger partial charge in [0.1, 0.15) is 0 Å². The van der Waals surface area contributed by atoms with Crippen molar-refractivity contribution in [2.24, 2.45) is 0 Å². The van der Waals surface area contributed by atoms with Crippen LogP contribution < -0.4 is 5.32 Å². The van der Waals surface area contributed by atoms with Gasteiger partial charge in [-0.3, -0.25) is 9.59 Å². The van der Waals surface area contributed by atoms with E-state index in [1.54, 1.807) is 0 Å². The zero-order chi connectivity index (χ0) is 17.4. The molecule has 1 N–H and O–H groups in total. The number of aryl methyl sites for hydroxylation is 2. The predicted octanol–water partition coefficient (Wildman–Crippen LogP) is 2.57. The molecular formula is C19H21N3O3. The zero-order valence-corrected chi connectivity index (χ0v) is 14.2. The lowest BCUT2D eigenvalue weighted by atomic mass is 9.92. The van der Waals surface area contributed by atoms with Crippen molar-refractivity contribution in [3.8, 4) is 11.4 Å². The van der Waals surface area contributed by atoms with E-state index in [2.05, 4.69) is 27.6 Å². The smallest absolute Gasteiger partial charge is 0.226 e. The van der Waals surface area contributed by atoms with Gasteiger partial charge < -0.3 is 9.84 Å². The molecule has 4 rings (SSSR count). The number of hydrogen-bond acceptors (Lipinski definition) is 5. The minimum atomic E-state index is -0.289. The van der Waals surface area contributed by atoms with Crippen molar-refractivity contribution < 1.29 is 14.1 Å². The van der Waals surface area contributed by atoms with Gasteiger partial charge in [-0.15, -0.1) is 0 Å². The molecule has 0 unspecified atom stereocenters. The van der Waals surface area contributed by atoms with E-state index in [1.165, 1.54) is 11.1 Å². The van der Waals surface area contributed by atoms with Gasteiger partial charge in [-0.1, -0.05) is 24.2 Å². The molecule has 130 valence electrons. The lowest BCUT2D eigenvalue weighted by Crippen LogP contribution is -2.33. The van der Waals surface area contributed by atoms with Gasteiger partial charge in [0, 0.05) is 24.8 Å². The van der Waals surface area contributed by atoms with Crippen LogP contribution in [0.1, 0.15) is 55.5 Å². The van der Waals surface area contributed by atoms with Crippen molar-refractivity contribution in [3.63, 3.8) is 0 Å². The van der Waals surface area contributed by atoms with Gasteiger partial charge in [-0.2, -0.15) is 4.98 Å². The molecule has 0 spiro atoms. The van der Waals surface area contributed by atoms with Crippen LogP contribution in [0.3, 0.4) is 0 Å². The highest BCUT2D eigenvalue weighted by Gasteiger charge is 2.31. The molecule has 6 nitrogen and oxygen atoms in total. The summed E-state index contributed by atoms with van der Waals surface area (Å²) in [5.74, 6) is 1.64. The minimum Gasteiger partial charge on any atom is -0.346 e. The molecule has 1 aromatic carbocycles. The van der Waals surface area contributed by atoms with E-state index in [0.717, 1.165) is 24.8 Å². The SMILES string of the molecule is CCc1nc(-c2ccc3c(c2)CC[C@H]3CC(=O)[C@@H]2CCC(=O)N2)no1. The Kier molecular flexibility index (Phi) is 4.11. The number of Topliss-reactive ketones (excluding diaryl/α,β-unsaturated/α-hetero) is 1. The normalized spacial score (nSPS) is 22.0. The van der Waals surface area contributed by atoms with Gasteiger partial charge in [-0.05, 0) is 42.4 Å². The first-order valence-electron chi connectivity index (χ1n) is 8.92. The van der Waals surface area contributed by atoms with E-state index in [-0.39, 0.29) is 23.7 Å². The number of fused-ring (bicyclic) bond motifs is 1. The Morgan fingerprint density at radius 2 is 2.20 bits per heavy atom. The van der Waals surface area contributed by atoms with E-state index < -0.39 is 0 Å². The second kappa shape index (κ2) is 6.43. The summed E-state index contributed by atoms with van der Waals surface area (Å²) in [4.78, 5) is 28.1. The second-order valence-corrected chi connectivity index (χ2v) is 6.84. The molecule has 1 aromatic heterocycles. The van der Waals surface area contributed by atoms with Crippen LogP contribution in [0.25, 0.3) is 11.4 Å². The van der Waals surface area contributed by atoms with Gasteiger partial charge in [0.25, 0.3) is 0 Å². The maximum absolute atomic E-state index is 12.4. The molecule has 1 saturated heterocycles. The van der Waals surface area contributed by atoms with Gasteiger partial charge >= 0.3 is 0 Å². The number of rotatable bonds is 5. The molecule has 1 aliphatic heterocycles. The van der Waals surface area contributed by atoms with Crippen molar-refractivity contribution >= 4 is 11.7 Å². The predicted molar refractivity (Wildman–Crippen MR) is 91.0 cm³/mol. The molecule has 1 fully saturated rings. The number of carbonyl (C=O) groups is 2. The first-order valence-corrected chi connectivity index (χ1v) is 8.92. The Balaban J connectivity index is 1.49. The number of hydrogen-bond donors (Lipinski definition) is 1. The fraction of sp³-hybridized carbons (Fsp3) is 0.474. The van der Waals surface area contributed by atoms with Crippen molar-refractivity contribution in [3.05, 3.63) is 35.2 Å². The fourth-order valence-corrected chi connectivity index (χ4v) is 3.81. The van der Waals surface area contributed by atoms with Crippen LogP contribution in [0.2, 0.25) is 0 Å². The van der Waals surface area contributed by atoms with E-state index in [9.17, 15) is 9.59 Å². The van der Waals surface area contributed by atoms with Crippen LogP contribution in [0.15, 0.2) is 22.7 Å². The number of nitrogens with zero attached hydrogens (tertiary/aromatic N) is 2. The fourth-order valence-electron chi connectivity index (χ4n) is 3.81. The van der Waals surface area contributed by atoms with E-state index in [0.29, 0.717) is 31.0 Å². The third kappa shape index (κ3) is 3.08. The molecule has 2 atom stereocenters. The Labute approximate surface area is 146 Å². The highest BCUT2D eigenvalue weighted by Crippen LogP contribution is 2.38. The quantitative estimate of drug-likeness (QED) is 0.905. The highest BCUT2D eigenvalue weighted by atomic mass is 16.5. The molecule has 2 aliphatic rings. The number of amides is 1. The van der Waals surface area contributed by atoms with Crippen LogP contribution >= 0.6 is 0 Å². The van der Waals surface area contributed by atoms with Crippen molar-refractivity contribution in [1.82, 2.24) is 15.5 Å². The number of ketones is 1. The molecule has 2 aromatic rings. The Morgan fingerprint density at radius 1 is 1.32 bits per heavy atom. The summed E-state index contributed by atoms with van der Waals surface area (Å²) in [6.07, 6.45) is 4.24. The van der Waals surface area contributed by atoms with Crippen molar-refractivity contribution in [1.29, 1.82) is 0 Å². The maximum atomic E-state index is 12.4. The Bertz CT molecular complexity index is 827.